The van der Waals surface area contributed by atoms with Crippen LogP contribution in [0.4, 0.5) is 10.1 Å². The summed E-state index contributed by atoms with van der Waals surface area (Å²) in [4.78, 5) is 11.8. The molecule has 19 heavy (non-hydrogen) atoms. The number of hydrogen-bond donors (Lipinski definition) is 2. The molecule has 0 fully saturated rings. The minimum absolute atomic E-state index is 0.0158. The van der Waals surface area contributed by atoms with Crippen LogP contribution in [0.15, 0.2) is 36.4 Å². The number of hydrogen-bond acceptors (Lipinski definition) is 2. The van der Waals surface area contributed by atoms with E-state index in [1.807, 2.05) is 0 Å². The van der Waals surface area contributed by atoms with Crippen LogP contribution in [0.25, 0.3) is 0 Å². The van der Waals surface area contributed by atoms with Gasteiger partial charge in [0.05, 0.1) is 10.0 Å². The average Bonchev–Trinajstić information content (AvgIpc) is 2.36. The van der Waals surface area contributed by atoms with Crippen LogP contribution in [-0.4, -0.2) is 11.0 Å². The molecule has 2 aromatic carbocycles. The van der Waals surface area contributed by atoms with Crippen molar-refractivity contribution in [3.8, 4) is 5.75 Å². The third-order valence-corrected chi connectivity index (χ3v) is 2.94. The third kappa shape index (κ3) is 3.16. The predicted molar refractivity (Wildman–Crippen MR) is 72.5 cm³/mol. The highest BCUT2D eigenvalue weighted by Crippen LogP contribution is 2.34. The molecule has 0 saturated carbocycles. The minimum atomic E-state index is -0.505. The topological polar surface area (TPSA) is 49.3 Å². The van der Waals surface area contributed by atoms with Gasteiger partial charge in [0.2, 0.25) is 0 Å². The van der Waals surface area contributed by atoms with Crippen molar-refractivity contribution in [2.75, 3.05) is 5.32 Å². The summed E-state index contributed by atoms with van der Waals surface area (Å²) in [5.74, 6) is -1.26. The summed E-state index contributed by atoms with van der Waals surface area (Å²) in [6, 6.07) is 7.95. The maximum absolute atomic E-state index is 13.0. The lowest BCUT2D eigenvalue weighted by Gasteiger charge is -2.08. The Kier molecular flexibility index (Phi) is 3.93. The monoisotopic (exact) mass is 299 g/mol. The highest BCUT2D eigenvalue weighted by atomic mass is 35.5. The number of carbonyl (C=O) groups excluding carboxylic acids is 1. The van der Waals surface area contributed by atoms with Crippen molar-refractivity contribution < 1.29 is 14.3 Å². The standard InChI is InChI=1S/C13H8Cl2FNO2/c14-10-5-9(6-11(15)12(10)18)17-13(19)7-2-1-3-8(16)4-7/h1-6,18H,(H,17,19). The average molecular weight is 300 g/mol. The highest BCUT2D eigenvalue weighted by molar-refractivity contribution is 6.37. The van der Waals surface area contributed by atoms with Gasteiger partial charge in [-0.25, -0.2) is 4.39 Å². The summed E-state index contributed by atoms with van der Waals surface area (Å²) in [5.41, 5.74) is 0.474. The summed E-state index contributed by atoms with van der Waals surface area (Å²) in [6.45, 7) is 0. The number of rotatable bonds is 2. The fraction of sp³-hybridized carbons (Fsp3) is 0. The van der Waals surface area contributed by atoms with Gasteiger partial charge in [-0.15, -0.1) is 0 Å². The molecule has 1 amide bonds. The largest absolute Gasteiger partial charge is 0.505 e. The van der Waals surface area contributed by atoms with E-state index in [1.54, 1.807) is 0 Å². The van der Waals surface area contributed by atoms with E-state index in [0.717, 1.165) is 6.07 Å². The van der Waals surface area contributed by atoms with Crippen LogP contribution >= 0.6 is 23.2 Å². The van der Waals surface area contributed by atoms with Crippen LogP contribution < -0.4 is 5.32 Å². The zero-order chi connectivity index (χ0) is 14.0. The van der Waals surface area contributed by atoms with Gasteiger partial charge in [-0.1, -0.05) is 29.3 Å². The Morgan fingerprint density at radius 2 is 1.79 bits per heavy atom. The number of phenolic OH excluding ortho intramolecular Hbond substituents is 1. The van der Waals surface area contributed by atoms with Crippen molar-refractivity contribution in [1.82, 2.24) is 0 Å². The number of anilines is 1. The molecule has 2 aromatic rings. The maximum atomic E-state index is 13.0. The lowest BCUT2D eigenvalue weighted by molar-refractivity contribution is 0.102. The molecule has 0 unspecified atom stereocenters. The Bertz CT molecular complexity index is 623. The van der Waals surface area contributed by atoms with Crippen molar-refractivity contribution in [3.05, 3.63) is 57.8 Å². The number of halogens is 3. The highest BCUT2D eigenvalue weighted by Gasteiger charge is 2.11. The van der Waals surface area contributed by atoms with Gasteiger partial charge in [0.15, 0.2) is 5.75 Å². The van der Waals surface area contributed by atoms with Gasteiger partial charge < -0.3 is 10.4 Å². The van der Waals surface area contributed by atoms with Crippen LogP contribution in [0, 0.1) is 5.82 Å². The first-order chi connectivity index (χ1) is 8.97. The van der Waals surface area contributed by atoms with Crippen LogP contribution in [0.1, 0.15) is 10.4 Å². The normalized spacial score (nSPS) is 10.3. The molecule has 0 aromatic heterocycles. The van der Waals surface area contributed by atoms with Gasteiger partial charge in [0.1, 0.15) is 5.82 Å². The summed E-state index contributed by atoms with van der Waals surface area (Å²) in [5, 5.41) is 11.9. The predicted octanol–water partition coefficient (Wildman–Crippen LogP) is 4.09. The molecular formula is C13H8Cl2FNO2. The first-order valence-electron chi connectivity index (χ1n) is 5.22. The first-order valence-corrected chi connectivity index (χ1v) is 5.98. The molecule has 6 heteroatoms. The second-order valence-corrected chi connectivity index (χ2v) is 4.57. The molecule has 0 aliphatic rings. The van der Waals surface area contributed by atoms with E-state index in [1.165, 1.54) is 30.3 Å². The van der Waals surface area contributed by atoms with E-state index in [4.69, 9.17) is 23.2 Å². The van der Waals surface area contributed by atoms with Crippen LogP contribution in [-0.2, 0) is 0 Å². The number of aromatic hydroxyl groups is 1. The minimum Gasteiger partial charge on any atom is -0.505 e. The van der Waals surface area contributed by atoms with E-state index in [9.17, 15) is 14.3 Å². The van der Waals surface area contributed by atoms with E-state index < -0.39 is 11.7 Å². The van der Waals surface area contributed by atoms with Crippen molar-refractivity contribution in [1.29, 1.82) is 0 Å². The molecule has 0 radical (unpaired) electrons. The van der Waals surface area contributed by atoms with E-state index in [2.05, 4.69) is 5.32 Å². The maximum Gasteiger partial charge on any atom is 0.255 e. The van der Waals surface area contributed by atoms with Crippen LogP contribution in [0.5, 0.6) is 5.75 Å². The SMILES string of the molecule is O=C(Nc1cc(Cl)c(O)c(Cl)c1)c1cccc(F)c1. The lowest BCUT2D eigenvalue weighted by Crippen LogP contribution is -2.12. The van der Waals surface area contributed by atoms with Crippen LogP contribution in [0.2, 0.25) is 10.0 Å². The molecule has 98 valence electrons. The lowest BCUT2D eigenvalue weighted by atomic mass is 10.2. The summed E-state index contributed by atoms with van der Waals surface area (Å²) in [7, 11) is 0. The molecule has 3 nitrogen and oxygen atoms in total. The molecule has 2 N–H and O–H groups in total. The van der Waals surface area contributed by atoms with Gasteiger partial charge >= 0.3 is 0 Å². The van der Waals surface area contributed by atoms with Crippen LogP contribution in [0.3, 0.4) is 0 Å². The number of phenols is 1. The van der Waals surface area contributed by atoms with E-state index in [0.29, 0.717) is 5.69 Å². The first kappa shape index (κ1) is 13.6. The molecule has 0 saturated heterocycles. The molecule has 0 spiro atoms. The molecule has 0 bridgehead atoms. The fourth-order valence-corrected chi connectivity index (χ4v) is 1.96. The van der Waals surface area contributed by atoms with Crippen molar-refractivity contribution >= 4 is 34.8 Å². The Morgan fingerprint density at radius 3 is 2.37 bits per heavy atom. The molecular weight excluding hydrogens is 292 g/mol. The van der Waals surface area contributed by atoms with E-state index in [-0.39, 0.29) is 21.4 Å². The smallest absolute Gasteiger partial charge is 0.255 e. The Hall–Kier alpha value is -1.78. The van der Waals surface area contributed by atoms with Crippen molar-refractivity contribution in [2.45, 2.75) is 0 Å². The molecule has 2 rings (SSSR count). The second kappa shape index (κ2) is 5.47. The van der Waals surface area contributed by atoms with Gasteiger partial charge in [0, 0.05) is 11.3 Å². The summed E-state index contributed by atoms with van der Waals surface area (Å²) >= 11 is 11.5. The van der Waals surface area contributed by atoms with Gasteiger partial charge in [-0.2, -0.15) is 0 Å². The number of amides is 1. The summed E-state index contributed by atoms with van der Waals surface area (Å²) < 4.78 is 13.0. The quantitative estimate of drug-likeness (QED) is 0.821. The van der Waals surface area contributed by atoms with Crippen molar-refractivity contribution in [2.24, 2.45) is 0 Å². The number of nitrogens with one attached hydrogen (secondary N) is 1. The molecule has 0 atom stereocenters. The molecule has 0 aliphatic carbocycles. The Balaban J connectivity index is 2.24. The Morgan fingerprint density at radius 1 is 1.16 bits per heavy atom. The summed E-state index contributed by atoms with van der Waals surface area (Å²) in [6.07, 6.45) is 0. The van der Waals surface area contributed by atoms with Crippen molar-refractivity contribution in [3.63, 3.8) is 0 Å². The fourth-order valence-electron chi connectivity index (χ4n) is 1.47. The van der Waals surface area contributed by atoms with Gasteiger partial charge in [-0.3, -0.25) is 4.79 Å². The molecule has 0 aliphatic heterocycles. The number of benzene rings is 2. The van der Waals surface area contributed by atoms with E-state index >= 15 is 0 Å². The zero-order valence-corrected chi connectivity index (χ0v) is 11.0. The zero-order valence-electron chi connectivity index (χ0n) is 9.45. The molecule has 0 heterocycles. The van der Waals surface area contributed by atoms with Gasteiger partial charge in [0.25, 0.3) is 5.91 Å². The van der Waals surface area contributed by atoms with Gasteiger partial charge in [-0.05, 0) is 30.3 Å². The third-order valence-electron chi connectivity index (χ3n) is 2.36. The second-order valence-electron chi connectivity index (χ2n) is 3.75. The number of carbonyl (C=O) groups is 1. The Labute approximate surface area is 118 Å².